The van der Waals surface area contributed by atoms with Crippen molar-refractivity contribution in [2.45, 2.75) is 42.6 Å². The van der Waals surface area contributed by atoms with E-state index in [9.17, 15) is 33.0 Å². The number of hydrogen-bond acceptors (Lipinski definition) is 11. The molecule has 320 valence electrons. The van der Waals surface area contributed by atoms with E-state index in [1.54, 1.807) is 55.5 Å². The summed E-state index contributed by atoms with van der Waals surface area (Å²) in [5.74, 6) is 5.54. The molecule has 0 bridgehead atoms. The molecule has 0 fully saturated rings. The number of pyridine rings is 2. The summed E-state index contributed by atoms with van der Waals surface area (Å²) in [6.45, 7) is 4.43. The second kappa shape index (κ2) is 18.6. The molecule has 14 nitrogen and oxygen atoms in total. The predicted molar refractivity (Wildman–Crippen MR) is 242 cm³/mol. The van der Waals surface area contributed by atoms with Crippen LogP contribution in [0, 0.1) is 25.7 Å². The molecule has 7 rings (SSSR count). The Labute approximate surface area is 363 Å². The van der Waals surface area contributed by atoms with Gasteiger partial charge in [-0.2, -0.15) is 0 Å². The average Bonchev–Trinajstić information content (AvgIpc) is 3.27. The predicted octanol–water partition coefficient (Wildman–Crippen LogP) is 6.79. The Morgan fingerprint density at radius 3 is 2.51 bits per heavy atom. The number of ether oxygens (including phenoxy) is 1. The lowest BCUT2D eigenvalue weighted by molar-refractivity contribution is 0.0998. The summed E-state index contributed by atoms with van der Waals surface area (Å²) in [5, 5.41) is 31.1. The number of phenolic OH excluding ortho intramolecular Hbond substituents is 1. The molecule has 1 atom stereocenters. The summed E-state index contributed by atoms with van der Waals surface area (Å²) in [4.78, 5) is 44.6. The quantitative estimate of drug-likeness (QED) is 0.0445. The second-order valence-electron chi connectivity index (χ2n) is 14.8. The number of aliphatic hydroxyl groups is 1. The fraction of sp³-hybridized carbons (Fsp3) is 0.167. The highest BCUT2D eigenvalue weighted by Gasteiger charge is 2.24. The van der Waals surface area contributed by atoms with Gasteiger partial charge < -0.3 is 41.6 Å². The number of nitrogens with two attached hydrogens (primary N) is 1. The number of aromatic hydroxyl groups is 1. The van der Waals surface area contributed by atoms with Crippen LogP contribution in [0.25, 0.3) is 21.8 Å². The molecule has 7 aromatic rings. The number of H-pyrrole nitrogens is 1. The first kappa shape index (κ1) is 43.6. The molecule has 15 heteroatoms. The van der Waals surface area contributed by atoms with E-state index in [1.165, 1.54) is 61.8 Å². The molecule has 0 spiro atoms. The molecule has 0 saturated heterocycles. The molecule has 2 amide bonds. The van der Waals surface area contributed by atoms with Crippen molar-refractivity contribution >= 4 is 60.5 Å². The molecule has 63 heavy (non-hydrogen) atoms. The third-order valence-corrected chi connectivity index (χ3v) is 12.2. The van der Waals surface area contributed by atoms with Crippen LogP contribution in [-0.4, -0.2) is 60.6 Å². The van der Waals surface area contributed by atoms with Crippen molar-refractivity contribution in [3.05, 3.63) is 153 Å². The van der Waals surface area contributed by atoms with Gasteiger partial charge in [0.2, 0.25) is 15.4 Å². The number of benzene rings is 5. The maximum absolute atomic E-state index is 14.2. The molecular formula is C48H44N6O8S. The zero-order chi connectivity index (χ0) is 44.8. The number of amides is 2. The minimum absolute atomic E-state index is 0.0651. The van der Waals surface area contributed by atoms with Crippen LogP contribution < -0.4 is 32.0 Å². The number of phenols is 1. The van der Waals surface area contributed by atoms with Crippen LogP contribution in [0.2, 0.25) is 0 Å². The number of aromatic amines is 1. The Morgan fingerprint density at radius 1 is 0.921 bits per heavy atom. The van der Waals surface area contributed by atoms with E-state index in [2.05, 4.69) is 37.8 Å². The summed E-state index contributed by atoms with van der Waals surface area (Å²) in [6.07, 6.45) is 1.81. The highest BCUT2D eigenvalue weighted by molar-refractivity contribution is 7.91. The molecule has 0 aliphatic carbocycles. The van der Waals surface area contributed by atoms with Crippen LogP contribution >= 0.6 is 0 Å². The minimum atomic E-state index is -4.19. The van der Waals surface area contributed by atoms with Gasteiger partial charge >= 0.3 is 0 Å². The van der Waals surface area contributed by atoms with Crippen molar-refractivity contribution in [2.75, 3.05) is 30.8 Å². The zero-order valence-corrected chi connectivity index (χ0v) is 35.4. The molecule has 0 saturated carbocycles. The van der Waals surface area contributed by atoms with Crippen LogP contribution in [-0.2, 0) is 9.84 Å². The molecule has 5 aromatic carbocycles. The maximum atomic E-state index is 14.2. The maximum Gasteiger partial charge on any atom is 0.255 e. The van der Waals surface area contributed by atoms with E-state index >= 15 is 0 Å². The first-order valence-electron chi connectivity index (χ1n) is 19.9. The number of methoxy groups -OCH3 is 1. The van der Waals surface area contributed by atoms with Gasteiger partial charge in [-0.15, -0.1) is 0 Å². The monoisotopic (exact) mass is 864 g/mol. The zero-order valence-electron chi connectivity index (χ0n) is 34.6. The van der Waals surface area contributed by atoms with E-state index < -0.39 is 27.8 Å². The number of hydrogen-bond donors (Lipinski definition) is 7. The minimum Gasteiger partial charge on any atom is -0.506 e. The Morgan fingerprint density at radius 2 is 1.73 bits per heavy atom. The van der Waals surface area contributed by atoms with Crippen LogP contribution in [0.5, 0.6) is 11.5 Å². The van der Waals surface area contributed by atoms with E-state index in [1.807, 2.05) is 13.0 Å². The number of fused-ring (bicyclic) bond motifs is 2. The van der Waals surface area contributed by atoms with Crippen molar-refractivity contribution in [1.29, 1.82) is 0 Å². The SMILES string of the molecule is COc1cccc(Nc2c(C(N)=O)cnc3c(C)cc(S(=O)(=O)c4cccc(C(=O)Nc5ccc(C#CCCCNC[C@H](O)c6ccc(O)c7[nH]c(=O)ccc67)cc5C)c4)cc23)c1. The van der Waals surface area contributed by atoms with Crippen molar-refractivity contribution in [3.63, 3.8) is 0 Å². The number of unbranched alkanes of at least 4 members (excludes halogenated alkanes) is 1. The Hall–Kier alpha value is -7.51. The van der Waals surface area contributed by atoms with E-state index in [0.29, 0.717) is 57.5 Å². The molecule has 0 aliphatic rings. The summed E-state index contributed by atoms with van der Waals surface area (Å²) in [5.41, 5.74) is 10.4. The molecule has 2 heterocycles. The van der Waals surface area contributed by atoms with E-state index in [0.717, 1.165) is 17.5 Å². The summed E-state index contributed by atoms with van der Waals surface area (Å²) in [6, 6.07) is 27.1. The Bertz CT molecular complexity index is 3160. The van der Waals surface area contributed by atoms with Crippen LogP contribution in [0.1, 0.15) is 61.9 Å². The number of primary amides is 1. The topological polar surface area (TPSA) is 226 Å². The molecule has 0 radical (unpaired) electrons. The fourth-order valence-corrected chi connectivity index (χ4v) is 8.57. The van der Waals surface area contributed by atoms with Crippen molar-refractivity contribution in [1.82, 2.24) is 15.3 Å². The number of aliphatic hydroxyl groups excluding tert-OH is 1. The standard InChI is InChI=1S/C48H44N6O8S/c1-28-21-30(9-5-4-6-20-50-27-42(56)36-15-18-41(55)46-37(36)16-19-43(57)54-46)14-17-40(28)53-48(59)31-10-7-13-34(23-31)63(60,61)35-22-29(2)44-38(25-35)45(39(26-51-44)47(49)58)52-32-11-8-12-33(24-32)62-3/h7-8,10-19,21-26,42,50,55-56H,4,6,20,27H2,1-3H3,(H2,49,58)(H,51,52)(H,53,59)(H,54,57)/t42-/m0/s1. The largest absolute Gasteiger partial charge is 0.506 e. The van der Waals surface area contributed by atoms with Gasteiger partial charge in [0, 0.05) is 64.6 Å². The number of aryl methyl sites for hydroxylation is 2. The van der Waals surface area contributed by atoms with Gasteiger partial charge in [-0.25, -0.2) is 8.42 Å². The first-order valence-corrected chi connectivity index (χ1v) is 21.4. The number of nitrogens with zero attached hydrogens (tertiary/aromatic N) is 1. The highest BCUT2D eigenvalue weighted by atomic mass is 32.2. The smallest absolute Gasteiger partial charge is 0.255 e. The van der Waals surface area contributed by atoms with Crippen molar-refractivity contribution in [3.8, 4) is 23.3 Å². The lowest BCUT2D eigenvalue weighted by atomic mass is 10.0. The molecule has 0 aliphatic heterocycles. The molecule has 8 N–H and O–H groups in total. The number of sulfone groups is 1. The lowest BCUT2D eigenvalue weighted by Gasteiger charge is -2.16. The van der Waals surface area contributed by atoms with Crippen LogP contribution in [0.3, 0.4) is 0 Å². The molecular weight excluding hydrogens is 821 g/mol. The van der Waals surface area contributed by atoms with E-state index in [-0.39, 0.29) is 50.0 Å². The Balaban J connectivity index is 0.995. The number of carbonyl (C=O) groups is 2. The third-order valence-electron chi connectivity index (χ3n) is 10.4. The summed E-state index contributed by atoms with van der Waals surface area (Å²) < 4.78 is 33.7. The van der Waals surface area contributed by atoms with Gasteiger partial charge in [0.25, 0.3) is 11.8 Å². The number of aromatic nitrogens is 2. The summed E-state index contributed by atoms with van der Waals surface area (Å²) in [7, 11) is -2.66. The van der Waals surface area contributed by atoms with Gasteiger partial charge in [-0.3, -0.25) is 19.4 Å². The molecule has 0 unspecified atom stereocenters. The van der Waals surface area contributed by atoms with Gasteiger partial charge in [0.05, 0.1) is 45.3 Å². The fourth-order valence-electron chi connectivity index (χ4n) is 7.15. The third kappa shape index (κ3) is 9.69. The molecule has 2 aromatic heterocycles. The van der Waals surface area contributed by atoms with E-state index in [4.69, 9.17) is 10.5 Å². The van der Waals surface area contributed by atoms with Crippen molar-refractivity contribution < 1.29 is 33.0 Å². The first-order chi connectivity index (χ1) is 30.2. The van der Waals surface area contributed by atoms with Gasteiger partial charge in [-0.05, 0) is 116 Å². The number of anilines is 3. The summed E-state index contributed by atoms with van der Waals surface area (Å²) >= 11 is 0. The van der Waals surface area contributed by atoms with Crippen molar-refractivity contribution in [2.24, 2.45) is 5.73 Å². The average molecular weight is 865 g/mol. The highest BCUT2D eigenvalue weighted by Crippen LogP contribution is 2.35. The number of carbonyl (C=O) groups excluding carboxylic acids is 2. The second-order valence-corrected chi connectivity index (χ2v) is 16.8. The normalized spacial score (nSPS) is 11.7. The number of rotatable bonds is 14. The van der Waals surface area contributed by atoms with Crippen LogP contribution in [0.15, 0.2) is 124 Å². The number of nitrogens with one attached hydrogen (secondary N) is 4. The lowest BCUT2D eigenvalue weighted by Crippen LogP contribution is -2.22. The van der Waals surface area contributed by atoms with Crippen LogP contribution in [0.4, 0.5) is 17.1 Å². The Kier molecular flexibility index (Phi) is 12.9. The van der Waals surface area contributed by atoms with Gasteiger partial charge in [0.15, 0.2) is 0 Å². The van der Waals surface area contributed by atoms with Gasteiger partial charge in [0.1, 0.15) is 11.5 Å². The van der Waals surface area contributed by atoms with Gasteiger partial charge in [-0.1, -0.05) is 30.0 Å².